The molecular formula is C17H17ClN2O2. The van der Waals surface area contributed by atoms with Gasteiger partial charge in [-0.05, 0) is 23.8 Å². The van der Waals surface area contributed by atoms with Gasteiger partial charge in [0.2, 0.25) is 0 Å². The van der Waals surface area contributed by atoms with E-state index in [1.165, 1.54) is 4.90 Å². The van der Waals surface area contributed by atoms with Gasteiger partial charge >= 0.3 is 0 Å². The second kappa shape index (κ2) is 5.99. The number of aromatic nitrogens is 1. The van der Waals surface area contributed by atoms with Gasteiger partial charge in [0.05, 0.1) is 19.8 Å². The molecule has 1 aromatic heterocycles. The predicted molar refractivity (Wildman–Crippen MR) is 84.2 cm³/mol. The number of fused-ring (bicyclic) bond motifs is 1. The molecule has 0 radical (unpaired) electrons. The molecule has 0 spiro atoms. The first-order valence-corrected chi connectivity index (χ1v) is 7.53. The number of hydrogen-bond acceptors (Lipinski definition) is 3. The lowest BCUT2D eigenvalue weighted by Crippen LogP contribution is -3.04. The fourth-order valence-corrected chi connectivity index (χ4v) is 2.66. The van der Waals surface area contributed by atoms with Crippen LogP contribution in [0, 0.1) is 0 Å². The SMILES string of the molecule is C[NH+](C)Cc1c([O-])ccc2c(Cc3ccc(Cl)cc3)noc12. The average molecular weight is 317 g/mol. The Hall–Kier alpha value is -2.04. The molecular weight excluding hydrogens is 300 g/mol. The third-order valence-electron chi connectivity index (χ3n) is 3.59. The minimum atomic E-state index is 0.00268. The Morgan fingerprint density at radius 1 is 1.14 bits per heavy atom. The summed E-state index contributed by atoms with van der Waals surface area (Å²) in [5.41, 5.74) is 3.24. The molecule has 3 aromatic rings. The summed E-state index contributed by atoms with van der Waals surface area (Å²) < 4.78 is 5.47. The molecule has 0 atom stereocenters. The van der Waals surface area contributed by atoms with Crippen LogP contribution in [0.4, 0.5) is 0 Å². The normalized spacial score (nSPS) is 11.5. The first kappa shape index (κ1) is 14.9. The van der Waals surface area contributed by atoms with Crippen LogP contribution in [0.25, 0.3) is 11.0 Å². The molecule has 0 unspecified atom stereocenters. The predicted octanol–water partition coefficient (Wildman–Crippen LogP) is 1.79. The molecule has 0 aliphatic carbocycles. The van der Waals surface area contributed by atoms with E-state index in [2.05, 4.69) is 5.16 Å². The van der Waals surface area contributed by atoms with Gasteiger partial charge in [0.25, 0.3) is 0 Å². The van der Waals surface area contributed by atoms with Crippen molar-refractivity contribution in [3.63, 3.8) is 0 Å². The topological polar surface area (TPSA) is 53.5 Å². The molecule has 0 saturated carbocycles. The van der Waals surface area contributed by atoms with Crippen LogP contribution < -0.4 is 10.0 Å². The standard InChI is InChI=1S/C17H17ClN2O2/c1-20(2)10-14-16(21)8-7-13-15(19-22-17(13)14)9-11-3-5-12(18)6-4-11/h3-8,21H,9-10H2,1-2H3. The zero-order valence-electron chi connectivity index (χ0n) is 12.5. The first-order valence-electron chi connectivity index (χ1n) is 7.15. The van der Waals surface area contributed by atoms with Gasteiger partial charge in [0.1, 0.15) is 6.54 Å². The van der Waals surface area contributed by atoms with Crippen LogP contribution >= 0.6 is 11.6 Å². The highest BCUT2D eigenvalue weighted by Crippen LogP contribution is 2.28. The van der Waals surface area contributed by atoms with E-state index in [9.17, 15) is 5.11 Å². The number of halogens is 1. The Bertz CT molecular complexity index is 794. The van der Waals surface area contributed by atoms with E-state index in [1.54, 1.807) is 12.1 Å². The van der Waals surface area contributed by atoms with E-state index in [0.717, 1.165) is 16.6 Å². The Labute approximate surface area is 133 Å². The van der Waals surface area contributed by atoms with Gasteiger partial charge in [-0.25, -0.2) is 0 Å². The molecule has 114 valence electrons. The maximum absolute atomic E-state index is 12.1. The van der Waals surface area contributed by atoms with Gasteiger partial charge in [-0.1, -0.05) is 40.7 Å². The van der Waals surface area contributed by atoms with Gasteiger partial charge < -0.3 is 14.5 Å². The van der Waals surface area contributed by atoms with Crippen molar-refractivity contribution < 1.29 is 14.5 Å². The van der Waals surface area contributed by atoms with E-state index in [4.69, 9.17) is 16.1 Å². The number of nitrogens with zero attached hydrogens (tertiary/aromatic N) is 1. The number of hydrogen-bond donors (Lipinski definition) is 1. The highest BCUT2D eigenvalue weighted by molar-refractivity contribution is 6.30. The van der Waals surface area contributed by atoms with Crippen LogP contribution in [0.5, 0.6) is 5.75 Å². The van der Waals surface area contributed by atoms with Crippen LogP contribution in [-0.2, 0) is 13.0 Å². The van der Waals surface area contributed by atoms with E-state index in [-0.39, 0.29) is 5.75 Å². The van der Waals surface area contributed by atoms with Crippen molar-refractivity contribution in [2.24, 2.45) is 0 Å². The quantitative estimate of drug-likeness (QED) is 0.798. The fourth-order valence-electron chi connectivity index (χ4n) is 2.54. The number of rotatable bonds is 4. The summed E-state index contributed by atoms with van der Waals surface area (Å²) in [5, 5.41) is 17.8. The number of nitrogens with one attached hydrogen (secondary N) is 1. The highest BCUT2D eigenvalue weighted by atomic mass is 35.5. The van der Waals surface area contributed by atoms with E-state index in [0.29, 0.717) is 29.1 Å². The molecule has 1 N–H and O–H groups in total. The minimum absolute atomic E-state index is 0.00268. The van der Waals surface area contributed by atoms with Crippen molar-refractivity contribution in [2.45, 2.75) is 13.0 Å². The monoisotopic (exact) mass is 316 g/mol. The Morgan fingerprint density at radius 3 is 2.55 bits per heavy atom. The number of benzene rings is 2. The smallest absolute Gasteiger partial charge is 0.175 e. The van der Waals surface area contributed by atoms with E-state index >= 15 is 0 Å². The Balaban J connectivity index is 2.00. The second-order valence-electron chi connectivity index (χ2n) is 5.74. The maximum atomic E-state index is 12.1. The molecule has 22 heavy (non-hydrogen) atoms. The second-order valence-corrected chi connectivity index (χ2v) is 6.17. The molecule has 1 heterocycles. The first-order chi connectivity index (χ1) is 10.5. The van der Waals surface area contributed by atoms with Crippen molar-refractivity contribution in [2.75, 3.05) is 14.1 Å². The molecule has 5 heteroatoms. The molecule has 0 amide bonds. The zero-order valence-corrected chi connectivity index (χ0v) is 13.3. The average Bonchev–Trinajstić information content (AvgIpc) is 2.87. The van der Waals surface area contributed by atoms with Crippen molar-refractivity contribution in [1.82, 2.24) is 5.16 Å². The van der Waals surface area contributed by atoms with Crippen molar-refractivity contribution in [3.8, 4) is 5.75 Å². The fraction of sp³-hybridized carbons (Fsp3) is 0.235. The van der Waals surface area contributed by atoms with Crippen LogP contribution in [0.3, 0.4) is 0 Å². The molecule has 2 aromatic carbocycles. The molecule has 0 saturated heterocycles. The van der Waals surface area contributed by atoms with Gasteiger partial charge in [-0.15, -0.1) is 0 Å². The van der Waals surface area contributed by atoms with E-state index in [1.807, 2.05) is 38.4 Å². The van der Waals surface area contributed by atoms with Crippen molar-refractivity contribution in [3.05, 3.63) is 58.2 Å². The Morgan fingerprint density at radius 2 is 1.86 bits per heavy atom. The van der Waals surface area contributed by atoms with Gasteiger partial charge in [0.15, 0.2) is 5.58 Å². The third kappa shape index (κ3) is 2.93. The summed E-state index contributed by atoms with van der Waals surface area (Å²) in [6.45, 7) is 0.617. The molecule has 4 nitrogen and oxygen atoms in total. The summed E-state index contributed by atoms with van der Waals surface area (Å²) in [7, 11) is 4.01. The Kier molecular flexibility index (Phi) is 4.05. The van der Waals surface area contributed by atoms with Crippen LogP contribution in [0.15, 0.2) is 40.9 Å². The van der Waals surface area contributed by atoms with Gasteiger partial charge in [-0.3, -0.25) is 0 Å². The summed E-state index contributed by atoms with van der Waals surface area (Å²) in [4.78, 5) is 1.17. The molecule has 0 fully saturated rings. The van der Waals surface area contributed by atoms with Crippen molar-refractivity contribution in [1.29, 1.82) is 0 Å². The molecule has 3 rings (SSSR count). The maximum Gasteiger partial charge on any atom is 0.175 e. The highest BCUT2D eigenvalue weighted by Gasteiger charge is 2.14. The van der Waals surface area contributed by atoms with Gasteiger partial charge in [-0.2, -0.15) is 0 Å². The molecule has 0 bridgehead atoms. The molecule has 0 aliphatic rings. The van der Waals surface area contributed by atoms with E-state index < -0.39 is 0 Å². The lowest BCUT2D eigenvalue weighted by Gasteiger charge is -2.15. The molecule has 0 aliphatic heterocycles. The lowest BCUT2D eigenvalue weighted by atomic mass is 10.0. The van der Waals surface area contributed by atoms with Gasteiger partial charge in [0, 0.05) is 22.4 Å². The largest absolute Gasteiger partial charge is 0.872 e. The van der Waals surface area contributed by atoms with Crippen LogP contribution in [-0.4, -0.2) is 19.3 Å². The summed E-state index contributed by atoms with van der Waals surface area (Å²) >= 11 is 5.90. The summed E-state index contributed by atoms with van der Waals surface area (Å²) in [5.74, 6) is 0.00268. The summed E-state index contributed by atoms with van der Waals surface area (Å²) in [6.07, 6.45) is 0.649. The zero-order chi connectivity index (χ0) is 15.7. The lowest BCUT2D eigenvalue weighted by molar-refractivity contribution is -0.872. The summed E-state index contributed by atoms with van der Waals surface area (Å²) in [6, 6.07) is 11.0. The van der Waals surface area contributed by atoms with Crippen LogP contribution in [0.1, 0.15) is 16.8 Å². The third-order valence-corrected chi connectivity index (χ3v) is 3.84. The van der Waals surface area contributed by atoms with Crippen molar-refractivity contribution >= 4 is 22.6 Å². The van der Waals surface area contributed by atoms with Crippen LogP contribution in [0.2, 0.25) is 5.02 Å². The number of quaternary nitrogens is 1. The minimum Gasteiger partial charge on any atom is -0.872 e.